The Balaban J connectivity index is 1.51. The summed E-state index contributed by atoms with van der Waals surface area (Å²) in [5.41, 5.74) is 5.54. The van der Waals surface area contributed by atoms with E-state index in [-0.39, 0.29) is 11.7 Å². The summed E-state index contributed by atoms with van der Waals surface area (Å²) < 4.78 is 1.96. The van der Waals surface area contributed by atoms with Gasteiger partial charge in [0.2, 0.25) is 5.91 Å². The number of hydrogen-bond donors (Lipinski definition) is 1. The molecule has 3 aromatic rings. The SMILES string of the molecule is Cn1nc(-c2ccccc2)c2c1CCN(C(=O)Cc1ccc(O)cc1)CC2. The molecule has 0 spiro atoms. The van der Waals surface area contributed by atoms with Crippen molar-refractivity contribution in [3.63, 3.8) is 0 Å². The molecule has 2 heterocycles. The van der Waals surface area contributed by atoms with Gasteiger partial charge in [-0.05, 0) is 24.1 Å². The number of phenols is 1. The van der Waals surface area contributed by atoms with Crippen LogP contribution in [0.15, 0.2) is 54.6 Å². The maximum absolute atomic E-state index is 12.8. The topological polar surface area (TPSA) is 58.4 Å². The monoisotopic (exact) mass is 361 g/mol. The average Bonchev–Trinajstić information content (AvgIpc) is 2.86. The minimum Gasteiger partial charge on any atom is -0.508 e. The first-order valence-corrected chi connectivity index (χ1v) is 9.27. The molecule has 0 aliphatic carbocycles. The third kappa shape index (κ3) is 3.58. The van der Waals surface area contributed by atoms with E-state index in [1.54, 1.807) is 24.3 Å². The Labute approximate surface area is 158 Å². The standard InChI is InChI=1S/C22H23N3O2/c1-24-20-12-14-25(21(27)15-16-7-9-18(26)10-8-16)13-11-19(20)22(23-24)17-5-3-2-4-6-17/h2-10,26H,11-15H2,1H3. The minimum atomic E-state index is 0.128. The fourth-order valence-electron chi connectivity index (χ4n) is 3.76. The number of rotatable bonds is 3. The third-order valence-electron chi connectivity index (χ3n) is 5.22. The molecule has 2 aromatic carbocycles. The molecule has 0 unspecified atom stereocenters. The van der Waals surface area contributed by atoms with E-state index in [4.69, 9.17) is 5.10 Å². The fourth-order valence-corrected chi connectivity index (χ4v) is 3.76. The number of aromatic hydroxyl groups is 1. The van der Waals surface area contributed by atoms with E-state index in [1.165, 1.54) is 11.3 Å². The Bertz CT molecular complexity index is 946. The molecule has 0 atom stereocenters. The van der Waals surface area contributed by atoms with Crippen LogP contribution in [0, 0.1) is 0 Å². The summed E-state index contributed by atoms with van der Waals surface area (Å²) in [6.45, 7) is 1.41. The lowest BCUT2D eigenvalue weighted by Crippen LogP contribution is -2.34. The molecule has 5 nitrogen and oxygen atoms in total. The number of carbonyl (C=O) groups is 1. The summed E-state index contributed by atoms with van der Waals surface area (Å²) in [5.74, 6) is 0.347. The minimum absolute atomic E-state index is 0.128. The molecule has 0 saturated carbocycles. The lowest BCUT2D eigenvalue weighted by atomic mass is 10.0. The lowest BCUT2D eigenvalue weighted by Gasteiger charge is -2.20. The second-order valence-electron chi connectivity index (χ2n) is 6.99. The number of hydrogen-bond acceptors (Lipinski definition) is 3. The average molecular weight is 361 g/mol. The molecular formula is C22H23N3O2. The number of fused-ring (bicyclic) bond motifs is 1. The highest BCUT2D eigenvalue weighted by atomic mass is 16.3. The largest absolute Gasteiger partial charge is 0.508 e. The van der Waals surface area contributed by atoms with Gasteiger partial charge in [0.05, 0.1) is 12.1 Å². The van der Waals surface area contributed by atoms with Crippen LogP contribution >= 0.6 is 0 Å². The van der Waals surface area contributed by atoms with E-state index in [1.807, 2.05) is 34.8 Å². The quantitative estimate of drug-likeness (QED) is 0.780. The number of aryl methyl sites for hydroxylation is 1. The van der Waals surface area contributed by atoms with Crippen molar-refractivity contribution in [2.45, 2.75) is 19.3 Å². The van der Waals surface area contributed by atoms with Gasteiger partial charge in [0.15, 0.2) is 0 Å². The van der Waals surface area contributed by atoms with Crippen LogP contribution in [-0.4, -0.2) is 38.8 Å². The van der Waals surface area contributed by atoms with Gasteiger partial charge in [-0.1, -0.05) is 42.5 Å². The molecular weight excluding hydrogens is 338 g/mol. The second kappa shape index (κ2) is 7.27. The van der Waals surface area contributed by atoms with Gasteiger partial charge >= 0.3 is 0 Å². The van der Waals surface area contributed by atoms with Gasteiger partial charge < -0.3 is 10.0 Å². The summed E-state index contributed by atoms with van der Waals surface area (Å²) in [7, 11) is 1.99. The van der Waals surface area contributed by atoms with Crippen molar-refractivity contribution in [1.82, 2.24) is 14.7 Å². The Morgan fingerprint density at radius 1 is 1.04 bits per heavy atom. The Morgan fingerprint density at radius 2 is 1.74 bits per heavy atom. The van der Waals surface area contributed by atoms with Crippen LogP contribution < -0.4 is 0 Å². The molecule has 4 rings (SSSR count). The summed E-state index contributed by atoms with van der Waals surface area (Å²) in [6, 6.07) is 17.1. The number of benzene rings is 2. The van der Waals surface area contributed by atoms with Crippen molar-refractivity contribution in [2.24, 2.45) is 7.05 Å². The van der Waals surface area contributed by atoms with Gasteiger partial charge in [-0.2, -0.15) is 5.10 Å². The zero-order valence-corrected chi connectivity index (χ0v) is 15.4. The fraction of sp³-hybridized carbons (Fsp3) is 0.273. The van der Waals surface area contributed by atoms with Crippen molar-refractivity contribution in [3.8, 4) is 17.0 Å². The maximum atomic E-state index is 12.8. The van der Waals surface area contributed by atoms with Crippen LogP contribution in [0.3, 0.4) is 0 Å². The van der Waals surface area contributed by atoms with Crippen molar-refractivity contribution in [2.75, 3.05) is 13.1 Å². The predicted octanol–water partition coefficient (Wildman–Crippen LogP) is 2.96. The van der Waals surface area contributed by atoms with Crippen LogP contribution in [0.5, 0.6) is 5.75 Å². The van der Waals surface area contributed by atoms with Gasteiger partial charge in [-0.3, -0.25) is 9.48 Å². The first-order valence-electron chi connectivity index (χ1n) is 9.27. The van der Waals surface area contributed by atoms with Crippen LogP contribution in [-0.2, 0) is 31.1 Å². The summed E-state index contributed by atoms with van der Waals surface area (Å²) in [4.78, 5) is 14.7. The molecule has 5 heteroatoms. The molecule has 1 amide bonds. The highest BCUT2D eigenvalue weighted by molar-refractivity contribution is 5.79. The molecule has 1 aromatic heterocycles. The van der Waals surface area contributed by atoms with Gasteiger partial charge in [-0.25, -0.2) is 0 Å². The molecule has 0 bridgehead atoms. The van der Waals surface area contributed by atoms with Crippen LogP contribution in [0.25, 0.3) is 11.3 Å². The molecule has 27 heavy (non-hydrogen) atoms. The highest BCUT2D eigenvalue weighted by Gasteiger charge is 2.24. The predicted molar refractivity (Wildman–Crippen MR) is 104 cm³/mol. The number of carbonyl (C=O) groups excluding carboxylic acids is 1. The third-order valence-corrected chi connectivity index (χ3v) is 5.22. The second-order valence-corrected chi connectivity index (χ2v) is 6.99. The van der Waals surface area contributed by atoms with E-state index in [2.05, 4.69) is 12.1 Å². The Hall–Kier alpha value is -3.08. The molecule has 138 valence electrons. The smallest absolute Gasteiger partial charge is 0.227 e. The highest BCUT2D eigenvalue weighted by Crippen LogP contribution is 2.28. The number of amides is 1. The normalized spacial score (nSPS) is 13.9. The van der Waals surface area contributed by atoms with Crippen molar-refractivity contribution >= 4 is 5.91 Å². The number of aromatic nitrogens is 2. The zero-order valence-electron chi connectivity index (χ0n) is 15.4. The van der Waals surface area contributed by atoms with Crippen molar-refractivity contribution in [3.05, 3.63) is 71.4 Å². The van der Waals surface area contributed by atoms with E-state index in [9.17, 15) is 9.90 Å². The number of phenolic OH excluding ortho intramolecular Hbond substituents is 1. The molecule has 1 aliphatic heterocycles. The van der Waals surface area contributed by atoms with Gasteiger partial charge in [0.1, 0.15) is 5.75 Å². The number of nitrogens with zero attached hydrogens (tertiary/aromatic N) is 3. The first-order chi connectivity index (χ1) is 13.1. The molecule has 0 saturated heterocycles. The summed E-state index contributed by atoms with van der Waals surface area (Å²) in [5, 5.41) is 14.1. The molecule has 1 aliphatic rings. The van der Waals surface area contributed by atoms with E-state index in [0.29, 0.717) is 19.5 Å². The Morgan fingerprint density at radius 3 is 2.48 bits per heavy atom. The van der Waals surface area contributed by atoms with Crippen molar-refractivity contribution < 1.29 is 9.90 Å². The summed E-state index contributed by atoms with van der Waals surface area (Å²) >= 11 is 0. The van der Waals surface area contributed by atoms with Gasteiger partial charge in [0.25, 0.3) is 0 Å². The van der Waals surface area contributed by atoms with E-state index >= 15 is 0 Å². The van der Waals surface area contributed by atoms with Crippen molar-refractivity contribution in [1.29, 1.82) is 0 Å². The van der Waals surface area contributed by atoms with Gasteiger partial charge in [0, 0.05) is 43.4 Å². The molecule has 0 fully saturated rings. The van der Waals surface area contributed by atoms with Gasteiger partial charge in [-0.15, -0.1) is 0 Å². The van der Waals surface area contributed by atoms with Crippen LogP contribution in [0.4, 0.5) is 0 Å². The summed E-state index contributed by atoms with van der Waals surface area (Å²) in [6.07, 6.45) is 1.99. The van der Waals surface area contributed by atoms with E-state index in [0.717, 1.165) is 29.7 Å². The van der Waals surface area contributed by atoms with Crippen LogP contribution in [0.2, 0.25) is 0 Å². The zero-order chi connectivity index (χ0) is 18.8. The molecule has 1 N–H and O–H groups in total. The lowest BCUT2D eigenvalue weighted by molar-refractivity contribution is -0.130. The Kier molecular flexibility index (Phi) is 4.67. The van der Waals surface area contributed by atoms with Crippen LogP contribution in [0.1, 0.15) is 16.8 Å². The maximum Gasteiger partial charge on any atom is 0.227 e. The van der Waals surface area contributed by atoms with E-state index < -0.39 is 0 Å². The first kappa shape index (κ1) is 17.3. The molecule has 0 radical (unpaired) electrons.